The quantitative estimate of drug-likeness (QED) is 0.333. The summed E-state index contributed by atoms with van der Waals surface area (Å²) in [5, 5.41) is 4.44. The van der Waals surface area contributed by atoms with Crippen LogP contribution in [0.2, 0.25) is 20.1 Å². The largest absolute Gasteiger partial charge is 0.355 e. The second-order valence-electron chi connectivity index (χ2n) is 7.70. The van der Waals surface area contributed by atoms with Crippen molar-refractivity contribution in [1.82, 2.24) is 10.2 Å². The van der Waals surface area contributed by atoms with Crippen LogP contribution in [0.25, 0.3) is 0 Å². The van der Waals surface area contributed by atoms with E-state index in [1.807, 2.05) is 37.3 Å². The Labute approximate surface area is 219 Å². The fourth-order valence-electron chi connectivity index (χ4n) is 3.65. The first-order chi connectivity index (χ1) is 16.3. The van der Waals surface area contributed by atoms with Gasteiger partial charge >= 0.3 is 0 Å². The van der Waals surface area contributed by atoms with Crippen molar-refractivity contribution >= 4 is 58.2 Å². The smallest absolute Gasteiger partial charge is 0.243 e. The highest BCUT2D eigenvalue weighted by molar-refractivity contribution is 6.36. The molecule has 0 aromatic heterocycles. The monoisotopic (exact) mass is 536 g/mol. The molecule has 0 heterocycles. The molecule has 34 heavy (non-hydrogen) atoms. The molecule has 3 aromatic rings. The maximum Gasteiger partial charge on any atom is 0.243 e. The number of benzene rings is 3. The molecule has 2 amide bonds. The van der Waals surface area contributed by atoms with Gasteiger partial charge in [0.15, 0.2) is 0 Å². The molecule has 0 aliphatic carbocycles. The Morgan fingerprint density at radius 1 is 0.794 bits per heavy atom. The lowest BCUT2D eigenvalue weighted by Gasteiger charge is -2.32. The Morgan fingerprint density at radius 2 is 1.32 bits per heavy atom. The minimum absolute atomic E-state index is 0.0496. The van der Waals surface area contributed by atoms with Crippen molar-refractivity contribution < 1.29 is 9.59 Å². The number of amides is 2. The Hall–Kier alpha value is -2.24. The minimum Gasteiger partial charge on any atom is -0.355 e. The molecule has 178 valence electrons. The summed E-state index contributed by atoms with van der Waals surface area (Å²) < 4.78 is 0. The number of halogens is 4. The van der Waals surface area contributed by atoms with E-state index in [2.05, 4.69) is 5.32 Å². The van der Waals surface area contributed by atoms with Gasteiger partial charge < -0.3 is 10.2 Å². The summed E-state index contributed by atoms with van der Waals surface area (Å²) >= 11 is 25.5. The van der Waals surface area contributed by atoms with Crippen molar-refractivity contribution in [2.75, 3.05) is 6.54 Å². The number of rotatable bonds is 9. The van der Waals surface area contributed by atoms with E-state index in [-0.39, 0.29) is 24.8 Å². The van der Waals surface area contributed by atoms with Crippen LogP contribution in [-0.2, 0) is 29.0 Å². The zero-order chi connectivity index (χ0) is 24.7. The lowest BCUT2D eigenvalue weighted by atomic mass is 10.0. The normalized spacial score (nSPS) is 11.7. The molecule has 0 saturated heterocycles. The van der Waals surface area contributed by atoms with Gasteiger partial charge in [-0.25, -0.2) is 0 Å². The number of hydrogen-bond donors (Lipinski definition) is 1. The molecule has 0 spiro atoms. The van der Waals surface area contributed by atoms with Gasteiger partial charge in [-0.1, -0.05) is 88.9 Å². The average molecular weight is 538 g/mol. The van der Waals surface area contributed by atoms with Crippen LogP contribution in [0.4, 0.5) is 0 Å². The van der Waals surface area contributed by atoms with Crippen LogP contribution in [0.3, 0.4) is 0 Å². The molecular formula is C26H24Cl4N2O2. The molecule has 0 saturated carbocycles. The third-order valence-electron chi connectivity index (χ3n) is 5.40. The van der Waals surface area contributed by atoms with Crippen LogP contribution in [-0.4, -0.2) is 29.3 Å². The fourth-order valence-corrected chi connectivity index (χ4v) is 4.70. The third kappa shape index (κ3) is 6.67. The lowest BCUT2D eigenvalue weighted by molar-refractivity contribution is -0.140. The maximum absolute atomic E-state index is 13.7. The van der Waals surface area contributed by atoms with Crippen molar-refractivity contribution in [2.45, 2.75) is 32.4 Å². The van der Waals surface area contributed by atoms with Crippen LogP contribution < -0.4 is 5.32 Å². The van der Waals surface area contributed by atoms with Gasteiger partial charge in [-0.05, 0) is 42.3 Å². The zero-order valence-electron chi connectivity index (χ0n) is 18.5. The number of carbonyl (C=O) groups excluding carboxylic acids is 2. The average Bonchev–Trinajstić information content (AvgIpc) is 2.81. The Balaban J connectivity index is 2.04. The van der Waals surface area contributed by atoms with Gasteiger partial charge in [-0.15, -0.1) is 0 Å². The minimum atomic E-state index is -0.802. The van der Waals surface area contributed by atoms with Crippen molar-refractivity contribution in [2.24, 2.45) is 0 Å². The predicted molar refractivity (Wildman–Crippen MR) is 140 cm³/mol. The van der Waals surface area contributed by atoms with Gasteiger partial charge in [0.2, 0.25) is 11.8 Å². The van der Waals surface area contributed by atoms with Crippen molar-refractivity contribution in [3.8, 4) is 0 Å². The summed E-state index contributed by atoms with van der Waals surface area (Å²) in [7, 11) is 0. The molecule has 0 aliphatic rings. The Kier molecular flexibility index (Phi) is 9.66. The molecular weight excluding hydrogens is 514 g/mol. The Morgan fingerprint density at radius 3 is 1.85 bits per heavy atom. The van der Waals surface area contributed by atoms with Gasteiger partial charge in [-0.2, -0.15) is 0 Å². The summed E-state index contributed by atoms with van der Waals surface area (Å²) in [4.78, 5) is 28.4. The highest BCUT2D eigenvalue weighted by Gasteiger charge is 2.31. The van der Waals surface area contributed by atoms with E-state index in [0.717, 1.165) is 5.56 Å². The van der Waals surface area contributed by atoms with Crippen LogP contribution >= 0.6 is 46.4 Å². The van der Waals surface area contributed by atoms with Crippen LogP contribution in [0.15, 0.2) is 66.7 Å². The second kappa shape index (κ2) is 12.5. The number of likely N-dealkylation sites (N-methyl/N-ethyl adjacent to an activating group) is 1. The van der Waals surface area contributed by atoms with E-state index < -0.39 is 6.04 Å². The van der Waals surface area contributed by atoms with Crippen LogP contribution in [0, 0.1) is 0 Å². The standard InChI is InChI=1S/C26H24Cl4N2O2/c1-2-31-26(34)24(14-17-8-4-3-5-9-17)32(16-19-22(29)12-7-13-23(19)30)25(33)15-18-20(27)10-6-11-21(18)28/h3-13,24H,2,14-16H2,1H3,(H,31,34)/t24-/m1/s1. The first-order valence-electron chi connectivity index (χ1n) is 10.8. The molecule has 0 bridgehead atoms. The van der Waals surface area contributed by atoms with Crippen LogP contribution in [0.5, 0.6) is 0 Å². The van der Waals surface area contributed by atoms with E-state index in [1.54, 1.807) is 36.4 Å². The summed E-state index contributed by atoms with van der Waals surface area (Å²) in [6.07, 6.45) is 0.238. The zero-order valence-corrected chi connectivity index (χ0v) is 21.6. The molecule has 1 atom stereocenters. The molecule has 0 aliphatic heterocycles. The molecule has 0 radical (unpaired) electrons. The van der Waals surface area contributed by atoms with Crippen LogP contribution in [0.1, 0.15) is 23.6 Å². The molecule has 3 aromatic carbocycles. The number of nitrogens with one attached hydrogen (secondary N) is 1. The number of hydrogen-bond acceptors (Lipinski definition) is 2. The van der Waals surface area contributed by atoms with Crippen molar-refractivity contribution in [3.05, 3.63) is 104 Å². The summed E-state index contributed by atoms with van der Waals surface area (Å²) in [6, 6.07) is 18.9. The number of nitrogens with zero attached hydrogens (tertiary/aromatic N) is 1. The van der Waals surface area contributed by atoms with E-state index in [0.29, 0.717) is 44.2 Å². The molecule has 1 N–H and O–H groups in total. The van der Waals surface area contributed by atoms with Crippen molar-refractivity contribution in [3.63, 3.8) is 0 Å². The topological polar surface area (TPSA) is 49.4 Å². The molecule has 0 fully saturated rings. The SMILES string of the molecule is CCNC(=O)[C@@H](Cc1ccccc1)N(Cc1c(Cl)cccc1Cl)C(=O)Cc1c(Cl)cccc1Cl. The highest BCUT2D eigenvalue weighted by atomic mass is 35.5. The summed E-state index contributed by atoms with van der Waals surface area (Å²) in [5.41, 5.74) is 1.98. The van der Waals surface area contributed by atoms with E-state index in [4.69, 9.17) is 46.4 Å². The van der Waals surface area contributed by atoms with Gasteiger partial charge in [0.05, 0.1) is 6.42 Å². The summed E-state index contributed by atoms with van der Waals surface area (Å²) in [5.74, 6) is -0.591. The molecule has 8 heteroatoms. The lowest BCUT2D eigenvalue weighted by Crippen LogP contribution is -2.51. The summed E-state index contributed by atoms with van der Waals surface area (Å²) in [6.45, 7) is 2.31. The molecule has 0 unspecified atom stereocenters. The van der Waals surface area contributed by atoms with Gasteiger partial charge in [0.1, 0.15) is 6.04 Å². The highest BCUT2D eigenvalue weighted by Crippen LogP contribution is 2.29. The predicted octanol–water partition coefficient (Wildman–Crippen LogP) is 6.62. The van der Waals surface area contributed by atoms with Gasteiger partial charge in [0, 0.05) is 45.2 Å². The maximum atomic E-state index is 13.7. The van der Waals surface area contributed by atoms with E-state index in [1.165, 1.54) is 4.90 Å². The first kappa shape index (κ1) is 26.4. The van der Waals surface area contributed by atoms with Gasteiger partial charge in [-0.3, -0.25) is 9.59 Å². The van der Waals surface area contributed by atoms with Gasteiger partial charge in [0.25, 0.3) is 0 Å². The van der Waals surface area contributed by atoms with E-state index in [9.17, 15) is 9.59 Å². The molecule has 4 nitrogen and oxygen atoms in total. The number of carbonyl (C=O) groups is 2. The second-order valence-corrected chi connectivity index (χ2v) is 9.33. The third-order valence-corrected chi connectivity index (χ3v) is 6.82. The fraction of sp³-hybridized carbons (Fsp3) is 0.231. The van der Waals surface area contributed by atoms with Crippen molar-refractivity contribution in [1.29, 1.82) is 0 Å². The Bertz CT molecular complexity index is 1110. The molecule has 3 rings (SSSR count). The van der Waals surface area contributed by atoms with E-state index >= 15 is 0 Å². The first-order valence-corrected chi connectivity index (χ1v) is 12.3.